The number of terminal acetylenes is 1. The summed E-state index contributed by atoms with van der Waals surface area (Å²) in [7, 11) is 0. The summed E-state index contributed by atoms with van der Waals surface area (Å²) in [4.78, 5) is 2.32. The molecule has 0 amide bonds. The lowest BCUT2D eigenvalue weighted by atomic mass is 9.48. The fourth-order valence-corrected chi connectivity index (χ4v) is 3.83. The first-order chi connectivity index (χ1) is 8.47. The smallest absolute Gasteiger partial charge is 0.0691 e. The van der Waals surface area contributed by atoms with Crippen LogP contribution in [0.3, 0.4) is 0 Å². The van der Waals surface area contributed by atoms with Gasteiger partial charge in [0.2, 0.25) is 0 Å². The Balaban J connectivity index is 2.08. The molecular formula is C15H26N2O. The number of fused-ring (bicyclic) bond motifs is 1. The van der Waals surface area contributed by atoms with E-state index in [4.69, 9.17) is 16.9 Å². The average Bonchev–Trinajstić information content (AvgIpc) is 2.77. The quantitative estimate of drug-likeness (QED) is 0.751. The molecule has 0 bridgehead atoms. The van der Waals surface area contributed by atoms with Crippen molar-refractivity contribution in [2.75, 3.05) is 26.2 Å². The van der Waals surface area contributed by atoms with E-state index in [-0.39, 0.29) is 11.0 Å². The van der Waals surface area contributed by atoms with Crippen LogP contribution in [-0.2, 0) is 4.74 Å². The van der Waals surface area contributed by atoms with E-state index < -0.39 is 0 Å². The molecular weight excluding hydrogens is 224 g/mol. The molecule has 0 aromatic rings. The van der Waals surface area contributed by atoms with Crippen molar-refractivity contribution in [2.24, 2.45) is 17.1 Å². The monoisotopic (exact) mass is 250 g/mol. The number of nitrogens with zero attached hydrogens (tertiary/aromatic N) is 1. The first kappa shape index (κ1) is 13.9. The zero-order valence-corrected chi connectivity index (χ0v) is 11.9. The fraction of sp³-hybridized carbons (Fsp3) is 0.867. The van der Waals surface area contributed by atoms with E-state index in [1.165, 1.54) is 0 Å². The molecule has 1 aliphatic carbocycles. The molecule has 1 saturated heterocycles. The predicted molar refractivity (Wildman–Crippen MR) is 74.1 cm³/mol. The highest BCUT2D eigenvalue weighted by atomic mass is 16.5. The van der Waals surface area contributed by atoms with E-state index in [1.54, 1.807) is 0 Å². The minimum Gasteiger partial charge on any atom is -0.377 e. The standard InChI is InChI=1S/C15H26N2O/c1-5-8-17(9-6-2)11-15(16)12-7-10-18-13(12)14(15,3)4/h1,12-13H,6-11,16H2,2-4H3. The maximum atomic E-state index is 6.74. The molecule has 1 saturated carbocycles. The van der Waals surface area contributed by atoms with Crippen LogP contribution in [0.1, 0.15) is 33.6 Å². The van der Waals surface area contributed by atoms with Crippen LogP contribution in [0.4, 0.5) is 0 Å². The van der Waals surface area contributed by atoms with Gasteiger partial charge in [-0.15, -0.1) is 6.42 Å². The van der Waals surface area contributed by atoms with E-state index >= 15 is 0 Å². The Hall–Kier alpha value is -0.560. The highest BCUT2D eigenvalue weighted by Gasteiger charge is 2.67. The lowest BCUT2D eigenvalue weighted by Gasteiger charge is -2.63. The van der Waals surface area contributed by atoms with Gasteiger partial charge < -0.3 is 10.5 Å². The Bertz CT molecular complexity index is 347. The molecule has 2 fully saturated rings. The van der Waals surface area contributed by atoms with Crippen LogP contribution in [0.5, 0.6) is 0 Å². The van der Waals surface area contributed by atoms with Crippen molar-refractivity contribution >= 4 is 0 Å². The Kier molecular flexibility index (Phi) is 3.73. The van der Waals surface area contributed by atoms with E-state index in [1.807, 2.05) is 0 Å². The largest absolute Gasteiger partial charge is 0.377 e. The zero-order valence-electron chi connectivity index (χ0n) is 11.9. The Morgan fingerprint density at radius 2 is 2.22 bits per heavy atom. The van der Waals surface area contributed by atoms with E-state index in [0.29, 0.717) is 18.6 Å². The summed E-state index contributed by atoms with van der Waals surface area (Å²) in [5.74, 6) is 3.25. The summed E-state index contributed by atoms with van der Waals surface area (Å²) >= 11 is 0. The van der Waals surface area contributed by atoms with Gasteiger partial charge in [0.1, 0.15) is 0 Å². The molecule has 18 heavy (non-hydrogen) atoms. The second-order valence-corrected chi connectivity index (χ2v) is 6.36. The van der Waals surface area contributed by atoms with Gasteiger partial charge in [0.25, 0.3) is 0 Å². The normalized spacial score (nSPS) is 37.1. The molecule has 102 valence electrons. The number of hydrogen-bond donors (Lipinski definition) is 1. The van der Waals surface area contributed by atoms with Crippen LogP contribution in [-0.4, -0.2) is 42.8 Å². The third kappa shape index (κ3) is 1.87. The number of ether oxygens (including phenoxy) is 1. The summed E-state index contributed by atoms with van der Waals surface area (Å²) in [5, 5.41) is 0. The number of hydrogen-bond acceptors (Lipinski definition) is 3. The van der Waals surface area contributed by atoms with Crippen molar-refractivity contribution in [2.45, 2.75) is 45.3 Å². The zero-order chi connectivity index (χ0) is 13.4. The van der Waals surface area contributed by atoms with Crippen molar-refractivity contribution in [1.29, 1.82) is 0 Å². The van der Waals surface area contributed by atoms with Gasteiger partial charge in [0.15, 0.2) is 0 Å². The summed E-state index contributed by atoms with van der Waals surface area (Å²) in [5.41, 5.74) is 6.63. The summed E-state index contributed by atoms with van der Waals surface area (Å²) in [6.45, 7) is 10.1. The maximum Gasteiger partial charge on any atom is 0.0691 e. The van der Waals surface area contributed by atoms with Gasteiger partial charge in [-0.25, -0.2) is 0 Å². The molecule has 1 aliphatic heterocycles. The highest BCUT2D eigenvalue weighted by Crippen LogP contribution is 2.58. The second kappa shape index (κ2) is 4.85. The molecule has 0 aromatic heterocycles. The minimum atomic E-state index is -0.153. The Morgan fingerprint density at radius 3 is 2.83 bits per heavy atom. The first-order valence-electron chi connectivity index (χ1n) is 7.03. The van der Waals surface area contributed by atoms with Crippen molar-refractivity contribution in [3.8, 4) is 12.3 Å². The van der Waals surface area contributed by atoms with Crippen molar-refractivity contribution < 1.29 is 4.74 Å². The van der Waals surface area contributed by atoms with Crippen molar-refractivity contribution in [3.05, 3.63) is 0 Å². The molecule has 0 aromatic carbocycles. The van der Waals surface area contributed by atoms with Gasteiger partial charge >= 0.3 is 0 Å². The average molecular weight is 250 g/mol. The molecule has 2 aliphatic rings. The number of rotatable bonds is 5. The Morgan fingerprint density at radius 1 is 1.50 bits per heavy atom. The highest BCUT2D eigenvalue weighted by molar-refractivity contribution is 5.21. The van der Waals surface area contributed by atoms with Crippen LogP contribution in [0.2, 0.25) is 0 Å². The van der Waals surface area contributed by atoms with E-state index in [9.17, 15) is 0 Å². The molecule has 3 atom stereocenters. The van der Waals surface area contributed by atoms with E-state index in [2.05, 4.69) is 31.6 Å². The summed E-state index contributed by atoms with van der Waals surface area (Å²) < 4.78 is 5.83. The molecule has 1 heterocycles. The topological polar surface area (TPSA) is 38.5 Å². The second-order valence-electron chi connectivity index (χ2n) is 6.36. The third-order valence-corrected chi connectivity index (χ3v) is 5.00. The summed E-state index contributed by atoms with van der Waals surface area (Å²) in [6.07, 6.45) is 8.01. The van der Waals surface area contributed by atoms with Crippen LogP contribution in [0.15, 0.2) is 0 Å². The fourth-order valence-electron chi connectivity index (χ4n) is 3.83. The van der Waals surface area contributed by atoms with Gasteiger partial charge in [-0.2, -0.15) is 0 Å². The molecule has 0 spiro atoms. The SMILES string of the molecule is C#CCN(CCC)CC1(N)C2CCOC2C1(C)C. The predicted octanol–water partition coefficient (Wildman–Crippen LogP) is 1.47. The molecule has 3 nitrogen and oxygen atoms in total. The third-order valence-electron chi connectivity index (χ3n) is 5.00. The van der Waals surface area contributed by atoms with Crippen molar-refractivity contribution in [3.63, 3.8) is 0 Å². The molecule has 0 radical (unpaired) electrons. The van der Waals surface area contributed by atoms with Crippen LogP contribution in [0, 0.1) is 23.7 Å². The van der Waals surface area contributed by atoms with Crippen LogP contribution >= 0.6 is 0 Å². The Labute approximate surface area is 111 Å². The first-order valence-corrected chi connectivity index (χ1v) is 7.03. The molecule has 2 N–H and O–H groups in total. The van der Waals surface area contributed by atoms with E-state index in [0.717, 1.165) is 32.5 Å². The maximum absolute atomic E-state index is 6.74. The van der Waals surface area contributed by atoms with Crippen LogP contribution < -0.4 is 5.73 Å². The summed E-state index contributed by atoms with van der Waals surface area (Å²) in [6, 6.07) is 0. The van der Waals surface area contributed by atoms with Gasteiger partial charge in [0.05, 0.1) is 12.6 Å². The van der Waals surface area contributed by atoms with Gasteiger partial charge in [0, 0.05) is 30.0 Å². The molecule has 3 heteroatoms. The van der Waals surface area contributed by atoms with Gasteiger partial charge in [-0.1, -0.05) is 26.7 Å². The minimum absolute atomic E-state index is 0.0504. The molecule has 2 rings (SSSR count). The number of nitrogens with two attached hydrogens (primary N) is 1. The van der Waals surface area contributed by atoms with Gasteiger partial charge in [-0.3, -0.25) is 4.90 Å². The lowest BCUT2D eigenvalue weighted by Crippen LogP contribution is -2.78. The van der Waals surface area contributed by atoms with Gasteiger partial charge in [-0.05, 0) is 19.4 Å². The molecule has 3 unspecified atom stereocenters. The lowest BCUT2D eigenvalue weighted by molar-refractivity contribution is -0.162. The van der Waals surface area contributed by atoms with Crippen LogP contribution in [0.25, 0.3) is 0 Å². The van der Waals surface area contributed by atoms with Crippen molar-refractivity contribution in [1.82, 2.24) is 4.90 Å².